The number of sulfone groups is 1. The molecule has 6 aromatic rings. The van der Waals surface area contributed by atoms with Crippen LogP contribution in [0.1, 0.15) is 152 Å². The number of aromatic nitrogens is 6. The van der Waals surface area contributed by atoms with E-state index in [2.05, 4.69) is 45.7 Å². The van der Waals surface area contributed by atoms with Crippen molar-refractivity contribution in [3.63, 3.8) is 0 Å². The fourth-order valence-electron chi connectivity index (χ4n) is 15.2. The standard InChI is InChI=1S/C25H29N5O3.C23H27N5O3.C22H25N5O4S/c1-2-3-19(32)29-11-10-24(14-29)12-18(13-24)30-22(26)20(23(27)33)21(28-30)16-4-6-17(7-5-16)25(15-31)8-9-25;1-2-3-18(30)27-10-9-23(14-27)12-17(13-23)28-21(24)19(22(25)31)20(26-28)16-6-4-15(5-7-16)8-11-29;1-3-4-17(28)26-10-9-22(13-26)11-15(12-22)27-20(23)18(21(24)29)19(25-27)14-5-7-16(8-6-14)32(2,30)31/h4-7,18,31H,8-15,26H2,1H3,(H2,27,33);4-7,17,29H,8-14,24H2,1H3,(H2,25,31);5-8,15H,9-13,23H2,1-2H3,(H2,24,29). The first-order valence-corrected chi connectivity index (χ1v) is 34.0. The lowest BCUT2D eigenvalue weighted by Crippen LogP contribution is -2.42. The molecule has 26 heteroatoms. The monoisotopic (exact) mass is 1320 g/mol. The van der Waals surface area contributed by atoms with Crippen molar-refractivity contribution >= 4 is 62.7 Å². The normalized spacial score (nSPS) is 23.1. The van der Waals surface area contributed by atoms with Crippen LogP contribution in [0, 0.1) is 51.8 Å². The number of likely N-dealkylation sites (tertiary alicyclic amines) is 3. The molecule has 3 saturated heterocycles. The second kappa shape index (κ2) is 26.3. The third kappa shape index (κ3) is 13.0. The Kier molecular flexibility index (Phi) is 18.5. The smallest absolute Gasteiger partial charge is 0.298 e. The molecule has 7 fully saturated rings. The van der Waals surface area contributed by atoms with E-state index in [1.54, 1.807) is 51.8 Å². The highest BCUT2D eigenvalue weighted by Gasteiger charge is 2.54. The highest BCUT2D eigenvalue weighted by Crippen LogP contribution is 2.58. The molecule has 3 aliphatic heterocycles. The molecule has 0 bridgehead atoms. The van der Waals surface area contributed by atoms with Crippen molar-refractivity contribution in [2.45, 2.75) is 126 Å². The van der Waals surface area contributed by atoms with Crippen molar-refractivity contribution in [2.75, 3.05) is 75.9 Å². The first-order valence-electron chi connectivity index (χ1n) is 32.1. The van der Waals surface area contributed by atoms with Crippen LogP contribution in [0.4, 0.5) is 17.5 Å². The number of hydrogen-bond acceptors (Lipinski definition) is 16. The van der Waals surface area contributed by atoms with Gasteiger partial charge in [0.15, 0.2) is 9.84 Å². The van der Waals surface area contributed by atoms with E-state index in [-0.39, 0.29) is 104 Å². The molecule has 7 aliphatic rings. The number of rotatable bonds is 14. The molecule has 3 spiro atoms. The Labute approximate surface area is 557 Å². The molecule has 6 heterocycles. The van der Waals surface area contributed by atoms with Crippen molar-refractivity contribution in [1.29, 1.82) is 0 Å². The summed E-state index contributed by atoms with van der Waals surface area (Å²) in [5.41, 5.74) is 42.0. The van der Waals surface area contributed by atoms with Gasteiger partial charge in [-0.2, -0.15) is 15.3 Å². The number of nitrogens with zero attached hydrogens (tertiary/aromatic N) is 9. The van der Waals surface area contributed by atoms with Gasteiger partial charge in [-0.05, 0) is 155 Å². The molecule has 502 valence electrons. The van der Waals surface area contributed by atoms with Crippen molar-refractivity contribution in [1.82, 2.24) is 44.0 Å². The molecule has 0 atom stereocenters. The average Bonchev–Trinajstić information content (AvgIpc) is 1.55. The van der Waals surface area contributed by atoms with Crippen LogP contribution < -0.4 is 34.4 Å². The van der Waals surface area contributed by atoms with Crippen LogP contribution in [0.15, 0.2) is 77.7 Å². The number of benzene rings is 3. The highest BCUT2D eigenvalue weighted by atomic mass is 32.2. The zero-order valence-corrected chi connectivity index (χ0v) is 55.2. The quantitative estimate of drug-likeness (QED) is 0.0701. The Balaban J connectivity index is 0.000000146. The average molecular weight is 1320 g/mol. The first kappa shape index (κ1) is 67.5. The fraction of sp³-hybridized carbons (Fsp3) is 0.443. The lowest BCUT2D eigenvalue weighted by Gasteiger charge is -2.45. The van der Waals surface area contributed by atoms with Gasteiger partial charge in [0.1, 0.15) is 51.2 Å². The van der Waals surface area contributed by atoms with Crippen LogP contribution in [0.3, 0.4) is 0 Å². The first-order chi connectivity index (χ1) is 45.7. The Morgan fingerprint density at radius 1 is 0.500 bits per heavy atom. The highest BCUT2D eigenvalue weighted by molar-refractivity contribution is 7.90. The van der Waals surface area contributed by atoms with Crippen LogP contribution in [0.2, 0.25) is 0 Å². The van der Waals surface area contributed by atoms with Crippen molar-refractivity contribution < 1.29 is 47.4 Å². The van der Waals surface area contributed by atoms with E-state index in [1.807, 2.05) is 58.3 Å². The van der Waals surface area contributed by atoms with Crippen LogP contribution >= 0.6 is 0 Å². The predicted molar refractivity (Wildman–Crippen MR) is 360 cm³/mol. The number of amides is 6. The van der Waals surface area contributed by atoms with Gasteiger partial charge in [0.2, 0.25) is 0 Å². The number of hydrogen-bond donors (Lipinski definition) is 8. The summed E-state index contributed by atoms with van der Waals surface area (Å²) >= 11 is 0. The van der Waals surface area contributed by atoms with Gasteiger partial charge in [-0.15, -0.1) is 0 Å². The fourth-order valence-corrected chi connectivity index (χ4v) is 15.9. The van der Waals surface area contributed by atoms with E-state index in [0.717, 1.165) is 99.1 Å². The number of carbonyl (C=O) groups excluding carboxylic acids is 6. The lowest BCUT2D eigenvalue weighted by atomic mass is 9.65. The van der Waals surface area contributed by atoms with Gasteiger partial charge in [0.25, 0.3) is 35.4 Å². The maximum Gasteiger partial charge on any atom is 0.298 e. The van der Waals surface area contributed by atoms with E-state index in [9.17, 15) is 42.3 Å². The van der Waals surface area contributed by atoms with E-state index < -0.39 is 27.6 Å². The zero-order chi connectivity index (χ0) is 68.8. The molecule has 3 aromatic heterocycles. The number of primary amides is 3. The predicted octanol–water partition coefficient (Wildman–Crippen LogP) is 4.39. The number of aliphatic hydroxyl groups excluding tert-OH is 2. The van der Waals surface area contributed by atoms with Crippen molar-refractivity contribution in [3.05, 3.63) is 101 Å². The van der Waals surface area contributed by atoms with E-state index in [4.69, 9.17) is 44.6 Å². The minimum atomic E-state index is -3.35. The SMILES string of the molecule is CC#CC(=O)N1CCC2(CC(n3nc(-c4ccc(C5(CO)CC5)cc4)c(C(N)=O)c3N)C2)C1.CC#CC(=O)N1CCC2(CC(n3nc(-c4ccc(CCO)cc4)c(C(N)=O)c3N)C2)C1.CC#CC(=O)N1CCC2(CC(n3nc(-c4ccc(S(C)(=O)=O)cc4)c(C(N)=O)c3N)C2)C1. The number of aliphatic hydroxyl groups is 2. The summed E-state index contributed by atoms with van der Waals surface area (Å²) in [6, 6.07) is 21.5. The Hall–Kier alpha value is -9.94. The lowest BCUT2D eigenvalue weighted by molar-refractivity contribution is -0.125. The van der Waals surface area contributed by atoms with Gasteiger partial charge in [-0.3, -0.25) is 28.8 Å². The Bertz CT molecular complexity index is 4400. The number of nitrogen functional groups attached to an aromatic ring is 3. The van der Waals surface area contributed by atoms with Crippen LogP contribution in [0.25, 0.3) is 33.8 Å². The van der Waals surface area contributed by atoms with Gasteiger partial charge in [0.05, 0.1) is 29.6 Å². The summed E-state index contributed by atoms with van der Waals surface area (Å²) in [6.07, 6.45) is 11.4. The maximum absolute atomic E-state index is 12.3. The molecular weight excluding hydrogens is 1240 g/mol. The molecule has 3 aromatic carbocycles. The van der Waals surface area contributed by atoms with E-state index >= 15 is 0 Å². The van der Waals surface area contributed by atoms with Crippen LogP contribution in [-0.2, 0) is 36.1 Å². The van der Waals surface area contributed by atoms with Crippen molar-refractivity contribution in [2.24, 2.45) is 33.4 Å². The maximum atomic E-state index is 12.3. The Morgan fingerprint density at radius 3 is 1.08 bits per heavy atom. The van der Waals surface area contributed by atoms with Crippen LogP contribution in [-0.4, -0.2) is 157 Å². The second-order valence-electron chi connectivity index (χ2n) is 27.0. The molecule has 6 amide bonds. The number of carbonyl (C=O) groups is 6. The third-order valence-electron chi connectivity index (χ3n) is 20.6. The van der Waals surface area contributed by atoms with Gasteiger partial charge in [-0.1, -0.05) is 78.4 Å². The summed E-state index contributed by atoms with van der Waals surface area (Å²) in [5.74, 6) is 14.3. The topological polar surface area (TPSA) is 396 Å². The summed E-state index contributed by atoms with van der Waals surface area (Å²) in [4.78, 5) is 78.4. The molecule has 0 unspecified atom stereocenters. The van der Waals surface area contributed by atoms with Gasteiger partial charge >= 0.3 is 0 Å². The third-order valence-corrected chi connectivity index (χ3v) is 21.7. The van der Waals surface area contributed by atoms with Gasteiger partial charge in [0, 0.05) is 74.2 Å². The Morgan fingerprint density at radius 2 is 0.812 bits per heavy atom. The minimum Gasteiger partial charge on any atom is -0.396 e. The molecule has 96 heavy (non-hydrogen) atoms. The van der Waals surface area contributed by atoms with E-state index in [0.29, 0.717) is 74.2 Å². The molecule has 0 radical (unpaired) electrons. The molecular formula is C70H81N15O10S. The van der Waals surface area contributed by atoms with Gasteiger partial charge < -0.3 is 59.3 Å². The molecule has 14 N–H and O–H groups in total. The minimum absolute atomic E-state index is 0.00976. The second-order valence-corrected chi connectivity index (χ2v) is 29.0. The largest absolute Gasteiger partial charge is 0.396 e. The molecule has 13 rings (SSSR count). The van der Waals surface area contributed by atoms with E-state index in [1.165, 1.54) is 12.1 Å². The summed E-state index contributed by atoms with van der Waals surface area (Å²) in [7, 11) is -3.35. The van der Waals surface area contributed by atoms with Crippen molar-refractivity contribution in [3.8, 4) is 69.3 Å². The summed E-state index contributed by atoms with van der Waals surface area (Å²) in [6.45, 7) is 9.34. The number of nitrogens with two attached hydrogens (primary N) is 6. The molecule has 25 nitrogen and oxygen atoms in total. The number of anilines is 3. The van der Waals surface area contributed by atoms with Gasteiger partial charge in [-0.25, -0.2) is 22.5 Å². The summed E-state index contributed by atoms with van der Waals surface area (Å²) < 4.78 is 28.6. The molecule has 4 aliphatic carbocycles. The van der Waals surface area contributed by atoms with Crippen LogP contribution in [0.5, 0.6) is 0 Å². The molecule has 4 saturated carbocycles. The zero-order valence-electron chi connectivity index (χ0n) is 54.4. The summed E-state index contributed by atoms with van der Waals surface area (Å²) in [5, 5.41) is 32.8.